The molecule has 160 valence electrons. The fourth-order valence-electron chi connectivity index (χ4n) is 6.11. The van der Waals surface area contributed by atoms with Gasteiger partial charge in [0, 0.05) is 24.7 Å². The zero-order valence-electron chi connectivity index (χ0n) is 18.1. The molecule has 30 heavy (non-hydrogen) atoms. The van der Waals surface area contributed by atoms with Crippen molar-refractivity contribution in [2.45, 2.75) is 52.4 Å². The average Bonchev–Trinajstić information content (AvgIpc) is 3.03. The first kappa shape index (κ1) is 20.9. The highest BCUT2D eigenvalue weighted by Crippen LogP contribution is 2.62. The van der Waals surface area contributed by atoms with Gasteiger partial charge in [0.15, 0.2) is 0 Å². The topological polar surface area (TPSA) is 61.8 Å². The molecular weight excluding hydrogens is 380 g/mol. The SMILES string of the molecule is CO[C@@H]1OC(=O)C2=C[C@H](OC(=O)/C=C/c3ccccc3)[C@H]3C(C)(C)CCC[C@]3(C)[C@H]21. The Bertz CT molecular complexity index is 884. The summed E-state index contributed by atoms with van der Waals surface area (Å²) in [6.45, 7) is 6.66. The maximum absolute atomic E-state index is 12.7. The predicted molar refractivity (Wildman–Crippen MR) is 113 cm³/mol. The summed E-state index contributed by atoms with van der Waals surface area (Å²) in [5.74, 6) is -0.851. The van der Waals surface area contributed by atoms with Crippen LogP contribution in [-0.2, 0) is 23.8 Å². The molecule has 1 heterocycles. The molecule has 0 bridgehead atoms. The molecule has 1 aliphatic heterocycles. The minimum Gasteiger partial charge on any atom is -0.455 e. The van der Waals surface area contributed by atoms with Gasteiger partial charge >= 0.3 is 11.9 Å². The molecule has 4 rings (SSSR count). The van der Waals surface area contributed by atoms with Crippen molar-refractivity contribution in [1.29, 1.82) is 0 Å². The summed E-state index contributed by atoms with van der Waals surface area (Å²) in [5.41, 5.74) is 1.21. The number of rotatable bonds is 4. The summed E-state index contributed by atoms with van der Waals surface area (Å²) in [6, 6.07) is 9.63. The first-order chi connectivity index (χ1) is 14.3. The first-order valence-corrected chi connectivity index (χ1v) is 10.7. The molecule has 2 fully saturated rings. The molecule has 0 amide bonds. The Kier molecular flexibility index (Phi) is 5.35. The van der Waals surface area contributed by atoms with Crippen LogP contribution in [0.3, 0.4) is 0 Å². The summed E-state index contributed by atoms with van der Waals surface area (Å²) >= 11 is 0. The van der Waals surface area contributed by atoms with Gasteiger partial charge in [-0.1, -0.05) is 57.5 Å². The Balaban J connectivity index is 1.67. The molecule has 2 aliphatic carbocycles. The van der Waals surface area contributed by atoms with Gasteiger partial charge in [0.05, 0.1) is 5.92 Å². The van der Waals surface area contributed by atoms with Crippen molar-refractivity contribution in [3.05, 3.63) is 53.6 Å². The van der Waals surface area contributed by atoms with E-state index in [0.717, 1.165) is 24.8 Å². The van der Waals surface area contributed by atoms with Crippen LogP contribution in [-0.4, -0.2) is 31.4 Å². The third-order valence-corrected chi connectivity index (χ3v) is 7.23. The van der Waals surface area contributed by atoms with E-state index in [0.29, 0.717) is 5.57 Å². The van der Waals surface area contributed by atoms with Crippen LogP contribution >= 0.6 is 0 Å². The van der Waals surface area contributed by atoms with E-state index in [-0.39, 0.29) is 28.6 Å². The summed E-state index contributed by atoms with van der Waals surface area (Å²) < 4.78 is 17.0. The van der Waals surface area contributed by atoms with E-state index in [1.165, 1.54) is 6.08 Å². The maximum Gasteiger partial charge on any atom is 0.336 e. The zero-order valence-corrected chi connectivity index (χ0v) is 18.1. The van der Waals surface area contributed by atoms with Gasteiger partial charge < -0.3 is 14.2 Å². The second kappa shape index (κ2) is 7.69. The fraction of sp³-hybridized carbons (Fsp3) is 0.520. The number of hydrogen-bond acceptors (Lipinski definition) is 5. The van der Waals surface area contributed by atoms with Crippen molar-refractivity contribution < 1.29 is 23.8 Å². The number of benzene rings is 1. The average molecular weight is 411 g/mol. The molecule has 0 N–H and O–H groups in total. The van der Waals surface area contributed by atoms with E-state index < -0.39 is 18.4 Å². The number of fused-ring (bicyclic) bond motifs is 3. The van der Waals surface area contributed by atoms with E-state index in [4.69, 9.17) is 14.2 Å². The van der Waals surface area contributed by atoms with Gasteiger partial charge in [-0.05, 0) is 41.4 Å². The lowest BCUT2D eigenvalue weighted by Gasteiger charge is -2.57. The van der Waals surface area contributed by atoms with Gasteiger partial charge in [-0.15, -0.1) is 0 Å². The lowest BCUT2D eigenvalue weighted by molar-refractivity contribution is -0.185. The molecule has 1 saturated heterocycles. The predicted octanol–water partition coefficient (Wildman–Crippen LogP) is 4.53. The van der Waals surface area contributed by atoms with Crippen molar-refractivity contribution in [2.75, 3.05) is 7.11 Å². The number of methoxy groups -OCH3 is 1. The Labute approximate surface area is 178 Å². The highest BCUT2D eigenvalue weighted by atomic mass is 16.7. The van der Waals surface area contributed by atoms with Gasteiger partial charge in [-0.25, -0.2) is 9.59 Å². The van der Waals surface area contributed by atoms with Crippen molar-refractivity contribution in [1.82, 2.24) is 0 Å². The molecule has 0 unspecified atom stereocenters. The van der Waals surface area contributed by atoms with E-state index in [1.54, 1.807) is 13.2 Å². The van der Waals surface area contributed by atoms with E-state index in [2.05, 4.69) is 20.8 Å². The second-order valence-electron chi connectivity index (χ2n) is 9.58. The minimum absolute atomic E-state index is 0.0486. The summed E-state index contributed by atoms with van der Waals surface area (Å²) in [5, 5.41) is 0. The van der Waals surface area contributed by atoms with Gasteiger partial charge in [0.25, 0.3) is 0 Å². The van der Waals surface area contributed by atoms with Crippen LogP contribution in [0.15, 0.2) is 48.1 Å². The monoisotopic (exact) mass is 410 g/mol. The summed E-state index contributed by atoms with van der Waals surface area (Å²) in [6.07, 6.45) is 7.00. The lowest BCUT2D eigenvalue weighted by Crippen LogP contribution is -2.56. The van der Waals surface area contributed by atoms with Crippen molar-refractivity contribution in [3.63, 3.8) is 0 Å². The van der Waals surface area contributed by atoms with Crippen LogP contribution in [0.25, 0.3) is 6.08 Å². The molecule has 5 heteroatoms. The second-order valence-corrected chi connectivity index (χ2v) is 9.58. The smallest absolute Gasteiger partial charge is 0.336 e. The maximum atomic E-state index is 12.7. The molecule has 5 nitrogen and oxygen atoms in total. The molecule has 0 aromatic heterocycles. The quantitative estimate of drug-likeness (QED) is 0.539. The Hall–Kier alpha value is -2.40. The van der Waals surface area contributed by atoms with Gasteiger partial charge in [-0.3, -0.25) is 0 Å². The number of cyclic esters (lactones) is 1. The Morgan fingerprint density at radius 1 is 1.17 bits per heavy atom. The van der Waals surface area contributed by atoms with Gasteiger partial charge in [0.1, 0.15) is 6.10 Å². The normalized spacial score (nSPS) is 34.7. The van der Waals surface area contributed by atoms with Crippen molar-refractivity contribution in [2.24, 2.45) is 22.7 Å². The van der Waals surface area contributed by atoms with Crippen LogP contribution in [0.5, 0.6) is 0 Å². The van der Waals surface area contributed by atoms with E-state index in [1.807, 2.05) is 36.4 Å². The van der Waals surface area contributed by atoms with Crippen LogP contribution in [0.1, 0.15) is 45.6 Å². The third-order valence-electron chi connectivity index (χ3n) is 7.23. The van der Waals surface area contributed by atoms with Crippen LogP contribution in [0.4, 0.5) is 0 Å². The molecule has 3 aliphatic rings. The lowest BCUT2D eigenvalue weighted by atomic mass is 9.48. The molecule has 5 atom stereocenters. The third kappa shape index (κ3) is 3.49. The summed E-state index contributed by atoms with van der Waals surface area (Å²) in [7, 11) is 1.58. The fourth-order valence-corrected chi connectivity index (χ4v) is 6.11. The summed E-state index contributed by atoms with van der Waals surface area (Å²) in [4.78, 5) is 25.3. The number of carbonyl (C=O) groups excluding carboxylic acids is 2. The van der Waals surface area contributed by atoms with E-state index >= 15 is 0 Å². The van der Waals surface area contributed by atoms with Crippen LogP contribution < -0.4 is 0 Å². The Morgan fingerprint density at radius 3 is 2.60 bits per heavy atom. The number of esters is 2. The number of hydrogen-bond donors (Lipinski definition) is 0. The van der Waals surface area contributed by atoms with Gasteiger partial charge in [-0.2, -0.15) is 0 Å². The number of ether oxygens (including phenoxy) is 3. The Morgan fingerprint density at radius 2 is 1.90 bits per heavy atom. The van der Waals surface area contributed by atoms with Crippen molar-refractivity contribution >= 4 is 18.0 Å². The zero-order chi connectivity index (χ0) is 21.5. The van der Waals surface area contributed by atoms with Crippen LogP contribution in [0.2, 0.25) is 0 Å². The highest BCUT2D eigenvalue weighted by molar-refractivity contribution is 5.92. The molecule has 1 aromatic carbocycles. The molecular formula is C25H30O5. The van der Waals surface area contributed by atoms with E-state index in [9.17, 15) is 9.59 Å². The highest BCUT2D eigenvalue weighted by Gasteiger charge is 2.63. The van der Waals surface area contributed by atoms with Gasteiger partial charge in [0.2, 0.25) is 6.29 Å². The van der Waals surface area contributed by atoms with Crippen LogP contribution in [0, 0.1) is 22.7 Å². The minimum atomic E-state index is -0.584. The number of carbonyl (C=O) groups is 2. The molecule has 1 aromatic rings. The largest absolute Gasteiger partial charge is 0.455 e. The first-order valence-electron chi connectivity index (χ1n) is 10.7. The molecule has 1 saturated carbocycles. The standard InChI is InChI=1S/C25H30O5/c1-24(2)13-8-14-25(3)20-17(22(27)30-23(20)28-4)15-18(21(24)25)29-19(26)12-11-16-9-6-5-7-10-16/h5-7,9-12,15,18,20-21,23H,8,13-14H2,1-4H3/b12-11+/t18-,20+,21-,23+,25+/m0/s1. The van der Waals surface area contributed by atoms with Crippen molar-refractivity contribution in [3.8, 4) is 0 Å². The molecule has 0 spiro atoms. The molecule has 0 radical (unpaired) electrons.